The summed E-state index contributed by atoms with van der Waals surface area (Å²) in [6.07, 6.45) is 7.05. The number of ether oxygens (including phenoxy) is 2. The number of aliphatic hydroxyl groups excluding tert-OH is 1. The van der Waals surface area contributed by atoms with E-state index in [0.29, 0.717) is 6.42 Å². The first-order valence-electron chi connectivity index (χ1n) is 11.7. The van der Waals surface area contributed by atoms with Gasteiger partial charge in [-0.05, 0) is 12.8 Å². The van der Waals surface area contributed by atoms with Crippen LogP contribution in [0.3, 0.4) is 0 Å². The summed E-state index contributed by atoms with van der Waals surface area (Å²) in [5.41, 5.74) is -0.0872. The molecule has 3 atom stereocenters. The van der Waals surface area contributed by atoms with Gasteiger partial charge < -0.3 is 28.9 Å². The molecule has 11 nitrogen and oxygen atoms in total. The minimum absolute atomic E-state index is 0.0872. The van der Waals surface area contributed by atoms with Crippen LogP contribution in [0.4, 0.5) is 0 Å². The Bertz CT molecular complexity index is 741. The molecular formula is C21H37NO10PS-. The van der Waals surface area contributed by atoms with Crippen molar-refractivity contribution in [2.45, 2.75) is 89.9 Å². The van der Waals surface area contributed by atoms with E-state index < -0.39 is 55.9 Å². The van der Waals surface area contributed by atoms with Crippen LogP contribution in [0.1, 0.15) is 77.6 Å². The Labute approximate surface area is 203 Å². The molecule has 34 heavy (non-hydrogen) atoms. The van der Waals surface area contributed by atoms with E-state index in [1.54, 1.807) is 0 Å². The van der Waals surface area contributed by atoms with Crippen molar-refractivity contribution in [2.24, 2.45) is 0 Å². The van der Waals surface area contributed by atoms with Gasteiger partial charge in [0.25, 0.3) is 0 Å². The first kappa shape index (κ1) is 30.9. The molecule has 1 aliphatic rings. The van der Waals surface area contributed by atoms with Crippen LogP contribution in [0.25, 0.3) is 0 Å². The van der Waals surface area contributed by atoms with Crippen LogP contribution < -0.4 is 0 Å². The standard InChI is InChI=1S/C21H38NO10PS/c1-2-3-4-5-6-7-8-9-10-12-19(23)31-18(17-15-20(24)32-21(17)25)16-22(34(29)30)13-11-14-33(26,27)28/h15,18,21,25H,2-14,16H2,1H3,(H,29,30)(H2,26,27,28)/p-1. The predicted molar refractivity (Wildman–Crippen MR) is 124 cm³/mol. The summed E-state index contributed by atoms with van der Waals surface area (Å²) in [6, 6.07) is 0. The highest BCUT2D eigenvalue weighted by Crippen LogP contribution is 2.35. The largest absolute Gasteiger partial charge is 0.760 e. The van der Waals surface area contributed by atoms with Crippen LogP contribution in [0, 0.1) is 0 Å². The third-order valence-electron chi connectivity index (χ3n) is 5.36. The second-order valence-electron chi connectivity index (χ2n) is 8.34. The van der Waals surface area contributed by atoms with E-state index in [1.807, 2.05) is 0 Å². The summed E-state index contributed by atoms with van der Waals surface area (Å²) >= 11 is -2.80. The molecule has 198 valence electrons. The number of nitrogens with zero attached hydrogens (tertiary/aromatic N) is 1. The fourth-order valence-electron chi connectivity index (χ4n) is 3.54. The van der Waals surface area contributed by atoms with E-state index in [2.05, 4.69) is 11.7 Å². The van der Waals surface area contributed by atoms with Crippen molar-refractivity contribution in [3.8, 4) is 0 Å². The minimum Gasteiger partial charge on any atom is -0.760 e. The Kier molecular flexibility index (Phi) is 15.0. The molecule has 13 heteroatoms. The third kappa shape index (κ3) is 13.7. The highest BCUT2D eigenvalue weighted by molar-refractivity contribution is 7.76. The molecule has 1 aliphatic heterocycles. The van der Waals surface area contributed by atoms with Gasteiger partial charge in [0.2, 0.25) is 6.29 Å². The molecule has 0 fully saturated rings. The molecule has 0 aliphatic carbocycles. The van der Waals surface area contributed by atoms with Crippen molar-refractivity contribution in [3.05, 3.63) is 11.6 Å². The molecule has 0 saturated carbocycles. The second-order valence-corrected chi connectivity index (χ2v) is 11.1. The fourth-order valence-corrected chi connectivity index (χ4v) is 4.63. The quantitative estimate of drug-likeness (QED) is 0.0980. The van der Waals surface area contributed by atoms with Crippen LogP contribution in [0.15, 0.2) is 11.6 Å². The minimum atomic E-state index is -4.31. The van der Waals surface area contributed by atoms with E-state index in [4.69, 9.17) is 14.5 Å². The van der Waals surface area contributed by atoms with Crippen LogP contribution in [-0.2, 0) is 34.9 Å². The highest BCUT2D eigenvalue weighted by Gasteiger charge is 2.34. The number of carbonyl (C=O) groups excluding carboxylic acids is 2. The molecule has 0 amide bonds. The summed E-state index contributed by atoms with van der Waals surface area (Å²) in [7, 11) is -4.31. The molecule has 3 N–H and O–H groups in total. The summed E-state index contributed by atoms with van der Waals surface area (Å²) in [6.45, 7) is 1.49. The SMILES string of the molecule is CCCCCCCCCCCC(=O)OC(CN(CCCP(=O)(O)O)S(=O)[O-])C1=CC(=O)OC1O. The molecule has 1 heterocycles. The second kappa shape index (κ2) is 16.5. The van der Waals surface area contributed by atoms with Crippen molar-refractivity contribution in [2.75, 3.05) is 19.3 Å². The third-order valence-corrected chi connectivity index (χ3v) is 7.02. The average molecular weight is 527 g/mol. The van der Waals surface area contributed by atoms with Crippen molar-refractivity contribution in [3.63, 3.8) is 0 Å². The predicted octanol–water partition coefficient (Wildman–Crippen LogP) is 2.28. The van der Waals surface area contributed by atoms with E-state index in [0.717, 1.165) is 36.1 Å². The number of hydrogen-bond acceptors (Lipinski definition) is 8. The van der Waals surface area contributed by atoms with Gasteiger partial charge in [-0.3, -0.25) is 13.6 Å². The lowest BCUT2D eigenvalue weighted by molar-refractivity contribution is -0.154. The lowest BCUT2D eigenvalue weighted by Gasteiger charge is -2.29. The van der Waals surface area contributed by atoms with Gasteiger partial charge in [0.05, 0.1) is 12.7 Å². The maximum Gasteiger partial charge on any atom is 0.333 e. The molecule has 0 radical (unpaired) electrons. The Balaban J connectivity index is 2.59. The van der Waals surface area contributed by atoms with Crippen LogP contribution in [0.5, 0.6) is 0 Å². The topological polar surface area (TPSA) is 174 Å². The number of rotatable bonds is 19. The van der Waals surface area contributed by atoms with Gasteiger partial charge in [0.1, 0.15) is 6.10 Å². The van der Waals surface area contributed by atoms with E-state index in [1.165, 1.54) is 25.7 Å². The van der Waals surface area contributed by atoms with E-state index >= 15 is 0 Å². The number of aliphatic hydroxyl groups is 1. The number of cyclic esters (lactones) is 1. The van der Waals surface area contributed by atoms with Gasteiger partial charge in [0.15, 0.2) is 0 Å². The maximum atomic E-state index is 12.4. The zero-order chi connectivity index (χ0) is 25.6. The zero-order valence-electron chi connectivity index (χ0n) is 19.6. The van der Waals surface area contributed by atoms with Gasteiger partial charge >= 0.3 is 19.5 Å². The fraction of sp³-hybridized carbons (Fsp3) is 0.810. The average Bonchev–Trinajstić information content (AvgIpc) is 3.08. The van der Waals surface area contributed by atoms with Gasteiger partial charge in [0, 0.05) is 35.9 Å². The van der Waals surface area contributed by atoms with Crippen molar-refractivity contribution < 1.29 is 47.3 Å². The van der Waals surface area contributed by atoms with Crippen LogP contribution in [-0.4, -0.2) is 71.5 Å². The summed E-state index contributed by atoms with van der Waals surface area (Å²) < 4.78 is 45.1. The Morgan fingerprint density at radius 1 is 1.18 bits per heavy atom. The van der Waals surface area contributed by atoms with Crippen molar-refractivity contribution >= 4 is 30.8 Å². The van der Waals surface area contributed by atoms with Crippen molar-refractivity contribution in [1.82, 2.24) is 4.31 Å². The molecule has 0 bridgehead atoms. The Hall–Kier alpha value is -1.14. The lowest BCUT2D eigenvalue weighted by Crippen LogP contribution is -2.40. The molecule has 0 spiro atoms. The molecule has 1 rings (SSSR count). The maximum absolute atomic E-state index is 12.4. The van der Waals surface area contributed by atoms with Crippen molar-refractivity contribution in [1.29, 1.82) is 0 Å². The summed E-state index contributed by atoms with van der Waals surface area (Å²) in [5, 5.41) is 9.95. The number of hydrogen-bond donors (Lipinski definition) is 3. The van der Waals surface area contributed by atoms with Gasteiger partial charge in [-0.1, -0.05) is 58.3 Å². The van der Waals surface area contributed by atoms with Gasteiger partial charge in [-0.25, -0.2) is 9.10 Å². The Morgan fingerprint density at radius 3 is 2.26 bits per heavy atom. The normalized spacial score (nSPS) is 18.0. The zero-order valence-corrected chi connectivity index (χ0v) is 21.3. The Morgan fingerprint density at radius 2 is 1.76 bits per heavy atom. The molecule has 0 aromatic rings. The number of esters is 2. The number of carbonyl (C=O) groups is 2. The smallest absolute Gasteiger partial charge is 0.333 e. The molecular weight excluding hydrogens is 489 g/mol. The summed E-state index contributed by atoms with van der Waals surface area (Å²) in [5.74, 6) is -1.45. The molecule has 3 unspecified atom stereocenters. The number of unbranched alkanes of at least 4 members (excludes halogenated alkanes) is 8. The monoisotopic (exact) mass is 526 g/mol. The van der Waals surface area contributed by atoms with E-state index in [9.17, 15) is 28.0 Å². The molecule has 0 aromatic carbocycles. The molecule has 0 saturated heterocycles. The summed E-state index contributed by atoms with van der Waals surface area (Å²) in [4.78, 5) is 41.8. The van der Waals surface area contributed by atoms with Gasteiger partial charge in [-0.2, -0.15) is 0 Å². The molecule has 0 aromatic heterocycles. The van der Waals surface area contributed by atoms with E-state index in [-0.39, 0.29) is 25.0 Å². The first-order chi connectivity index (χ1) is 16.0. The first-order valence-corrected chi connectivity index (χ1v) is 14.5. The van der Waals surface area contributed by atoms with Crippen LogP contribution in [0.2, 0.25) is 0 Å². The highest BCUT2D eigenvalue weighted by atomic mass is 32.2. The van der Waals surface area contributed by atoms with Crippen LogP contribution >= 0.6 is 7.60 Å². The van der Waals surface area contributed by atoms with Gasteiger partial charge in [-0.15, -0.1) is 0 Å². The lowest BCUT2D eigenvalue weighted by atomic mass is 10.1.